The van der Waals surface area contributed by atoms with Crippen LogP contribution in [0.2, 0.25) is 0 Å². The molecule has 1 N–H and O–H groups in total. The Morgan fingerprint density at radius 3 is 2.62 bits per heavy atom. The van der Waals surface area contributed by atoms with Gasteiger partial charge in [0, 0.05) is 48.4 Å². The minimum absolute atomic E-state index is 0.212. The van der Waals surface area contributed by atoms with E-state index in [2.05, 4.69) is 20.2 Å². The predicted octanol–water partition coefficient (Wildman–Crippen LogP) is 4.48. The highest BCUT2D eigenvalue weighted by Crippen LogP contribution is 2.28. The Balaban J connectivity index is 1.73. The van der Waals surface area contributed by atoms with Crippen molar-refractivity contribution in [1.82, 2.24) is 24.9 Å². The number of nitrogens with zero attached hydrogens (tertiary/aromatic N) is 4. The Labute approximate surface area is 167 Å². The van der Waals surface area contributed by atoms with Crippen LogP contribution in [-0.2, 0) is 13.1 Å². The number of rotatable bonds is 6. The van der Waals surface area contributed by atoms with E-state index >= 15 is 0 Å². The molecule has 0 saturated heterocycles. The number of halogens is 2. The van der Waals surface area contributed by atoms with Gasteiger partial charge in [0.15, 0.2) is 5.82 Å². The molecule has 0 fully saturated rings. The maximum absolute atomic E-state index is 14.4. The lowest BCUT2D eigenvalue weighted by atomic mass is 10.0. The lowest BCUT2D eigenvalue weighted by Crippen LogP contribution is -2.17. The van der Waals surface area contributed by atoms with Crippen LogP contribution in [0.15, 0.2) is 60.9 Å². The molecule has 0 atom stereocenters. The van der Waals surface area contributed by atoms with Crippen molar-refractivity contribution in [2.75, 3.05) is 7.05 Å². The molecule has 4 rings (SSSR count). The second-order valence-electron chi connectivity index (χ2n) is 7.11. The first-order valence-electron chi connectivity index (χ1n) is 9.28. The Hall–Kier alpha value is -3.32. The third kappa shape index (κ3) is 4.09. The average Bonchev–Trinajstić information content (AvgIpc) is 3.32. The summed E-state index contributed by atoms with van der Waals surface area (Å²) >= 11 is 0. The fourth-order valence-corrected chi connectivity index (χ4v) is 3.39. The van der Waals surface area contributed by atoms with E-state index in [-0.39, 0.29) is 5.69 Å². The van der Waals surface area contributed by atoms with Gasteiger partial charge in [-0.15, -0.1) is 0 Å². The van der Waals surface area contributed by atoms with Gasteiger partial charge in [0.25, 0.3) is 0 Å². The minimum Gasteiger partial charge on any atom is -0.296 e. The molecule has 148 valence electrons. The highest BCUT2D eigenvalue weighted by atomic mass is 19.1. The van der Waals surface area contributed by atoms with E-state index in [1.807, 2.05) is 50.5 Å². The summed E-state index contributed by atoms with van der Waals surface area (Å²) in [6, 6.07) is 13.4. The number of hydrogen-bond donors (Lipinski definition) is 1. The fraction of sp³-hybridized carbons (Fsp3) is 0.182. The molecule has 0 aliphatic rings. The van der Waals surface area contributed by atoms with E-state index in [0.29, 0.717) is 13.1 Å². The summed E-state index contributed by atoms with van der Waals surface area (Å²) in [5, 5.41) is 11.6. The first-order chi connectivity index (χ1) is 14.0. The Bertz CT molecular complexity index is 1120. The normalized spacial score (nSPS) is 11.3. The monoisotopic (exact) mass is 393 g/mol. The van der Waals surface area contributed by atoms with Gasteiger partial charge in [0.2, 0.25) is 0 Å². The van der Waals surface area contributed by atoms with Crippen LogP contribution in [0.1, 0.15) is 16.8 Å². The molecule has 29 heavy (non-hydrogen) atoms. The molecule has 0 aliphatic carbocycles. The van der Waals surface area contributed by atoms with E-state index in [9.17, 15) is 8.78 Å². The van der Waals surface area contributed by atoms with E-state index < -0.39 is 11.6 Å². The zero-order chi connectivity index (χ0) is 20.4. The molecule has 2 aromatic carbocycles. The van der Waals surface area contributed by atoms with Gasteiger partial charge in [-0.2, -0.15) is 10.2 Å². The molecular weight excluding hydrogens is 372 g/mol. The van der Waals surface area contributed by atoms with Crippen LogP contribution in [0.5, 0.6) is 0 Å². The first-order valence-corrected chi connectivity index (χ1v) is 9.28. The highest BCUT2D eigenvalue weighted by molar-refractivity contribution is 5.66. The molecule has 2 heterocycles. The maximum atomic E-state index is 14.4. The molecule has 0 spiro atoms. The largest absolute Gasteiger partial charge is 0.296 e. The van der Waals surface area contributed by atoms with Gasteiger partial charge in [0.1, 0.15) is 11.5 Å². The van der Waals surface area contributed by atoms with Crippen molar-refractivity contribution in [3.63, 3.8) is 0 Å². The van der Waals surface area contributed by atoms with Gasteiger partial charge >= 0.3 is 0 Å². The fourth-order valence-electron chi connectivity index (χ4n) is 3.39. The summed E-state index contributed by atoms with van der Waals surface area (Å²) in [5.74, 6) is -1.27. The van der Waals surface area contributed by atoms with Gasteiger partial charge in [-0.1, -0.05) is 24.3 Å². The SMILES string of the molecule is Cc1ccccc1-c1nn(-c2ccc(F)cc2F)cc1CN(C)Cc1ccn[nH]1. The molecular formula is C22H21F2N5. The molecule has 0 unspecified atom stereocenters. The van der Waals surface area contributed by atoms with Gasteiger partial charge in [0.05, 0.1) is 5.69 Å². The van der Waals surface area contributed by atoms with Crippen molar-refractivity contribution in [2.45, 2.75) is 20.0 Å². The van der Waals surface area contributed by atoms with Crippen LogP contribution in [0, 0.1) is 18.6 Å². The quantitative estimate of drug-likeness (QED) is 0.525. The van der Waals surface area contributed by atoms with Crippen LogP contribution < -0.4 is 0 Å². The smallest absolute Gasteiger partial charge is 0.151 e. The van der Waals surface area contributed by atoms with Crippen LogP contribution in [0.3, 0.4) is 0 Å². The molecule has 0 aliphatic heterocycles. The number of aromatic amines is 1. The van der Waals surface area contributed by atoms with Crippen molar-refractivity contribution < 1.29 is 8.78 Å². The Kier molecular flexibility index (Phi) is 5.22. The lowest BCUT2D eigenvalue weighted by Gasteiger charge is -2.15. The van der Waals surface area contributed by atoms with Gasteiger partial charge < -0.3 is 0 Å². The molecule has 7 heteroatoms. The van der Waals surface area contributed by atoms with Crippen LogP contribution in [-0.4, -0.2) is 31.9 Å². The number of nitrogens with one attached hydrogen (secondary N) is 1. The van der Waals surface area contributed by atoms with Gasteiger partial charge in [-0.05, 0) is 37.7 Å². The lowest BCUT2D eigenvalue weighted by molar-refractivity contribution is 0.315. The third-order valence-electron chi connectivity index (χ3n) is 4.79. The van der Waals surface area contributed by atoms with Crippen molar-refractivity contribution in [3.05, 3.63) is 89.4 Å². The van der Waals surface area contributed by atoms with Gasteiger partial charge in [-0.25, -0.2) is 13.5 Å². The minimum atomic E-state index is -0.652. The summed E-state index contributed by atoms with van der Waals surface area (Å²) in [4.78, 5) is 2.12. The van der Waals surface area contributed by atoms with E-state index in [4.69, 9.17) is 0 Å². The Morgan fingerprint density at radius 2 is 1.90 bits per heavy atom. The second kappa shape index (κ2) is 7.97. The molecule has 2 aromatic heterocycles. The van der Waals surface area contributed by atoms with Gasteiger partial charge in [-0.3, -0.25) is 10.00 Å². The van der Waals surface area contributed by atoms with Crippen molar-refractivity contribution >= 4 is 0 Å². The maximum Gasteiger partial charge on any atom is 0.151 e. The third-order valence-corrected chi connectivity index (χ3v) is 4.79. The Morgan fingerprint density at radius 1 is 1.07 bits per heavy atom. The number of aryl methyl sites for hydroxylation is 1. The van der Waals surface area contributed by atoms with Crippen LogP contribution in [0.4, 0.5) is 8.78 Å². The summed E-state index contributed by atoms with van der Waals surface area (Å²) < 4.78 is 29.2. The predicted molar refractivity (Wildman–Crippen MR) is 107 cm³/mol. The molecule has 4 aromatic rings. The van der Waals surface area contributed by atoms with E-state index in [0.717, 1.165) is 34.1 Å². The average molecular weight is 393 g/mol. The molecule has 0 saturated carbocycles. The highest BCUT2D eigenvalue weighted by Gasteiger charge is 2.17. The summed E-state index contributed by atoms with van der Waals surface area (Å²) in [5.41, 5.74) is 5.01. The summed E-state index contributed by atoms with van der Waals surface area (Å²) in [6.07, 6.45) is 3.53. The summed E-state index contributed by atoms with van der Waals surface area (Å²) in [7, 11) is 2.00. The van der Waals surface area contributed by atoms with E-state index in [1.54, 1.807) is 6.20 Å². The number of aromatic nitrogens is 4. The number of hydrogen-bond acceptors (Lipinski definition) is 3. The number of H-pyrrole nitrogens is 1. The zero-order valence-corrected chi connectivity index (χ0v) is 16.2. The molecule has 5 nitrogen and oxygen atoms in total. The topological polar surface area (TPSA) is 49.7 Å². The van der Waals surface area contributed by atoms with Crippen LogP contribution in [0.25, 0.3) is 16.9 Å². The van der Waals surface area contributed by atoms with Crippen molar-refractivity contribution in [3.8, 4) is 16.9 Å². The molecule has 0 radical (unpaired) electrons. The van der Waals surface area contributed by atoms with Crippen LogP contribution >= 0.6 is 0 Å². The molecule has 0 amide bonds. The van der Waals surface area contributed by atoms with Crippen molar-refractivity contribution in [2.24, 2.45) is 0 Å². The molecule has 0 bridgehead atoms. The number of benzene rings is 2. The zero-order valence-electron chi connectivity index (χ0n) is 16.2. The summed E-state index contributed by atoms with van der Waals surface area (Å²) in [6.45, 7) is 3.31. The standard InChI is InChI=1S/C22H21F2N5/c1-15-5-3-4-6-19(15)22-16(12-28(2)14-18-9-10-25-26-18)13-29(27-22)21-8-7-17(23)11-20(21)24/h3-11,13H,12,14H2,1-2H3,(H,25,26). The second-order valence-corrected chi connectivity index (χ2v) is 7.11. The first kappa shape index (κ1) is 19.0. The van der Waals surface area contributed by atoms with E-state index in [1.165, 1.54) is 16.8 Å². The van der Waals surface area contributed by atoms with Crippen molar-refractivity contribution in [1.29, 1.82) is 0 Å².